The lowest BCUT2D eigenvalue weighted by atomic mass is 10.0. The van der Waals surface area contributed by atoms with Gasteiger partial charge in [0.25, 0.3) is 0 Å². The number of rotatable bonds is 3. The van der Waals surface area contributed by atoms with Crippen molar-refractivity contribution in [3.63, 3.8) is 0 Å². The van der Waals surface area contributed by atoms with Crippen LogP contribution in [0.15, 0.2) is 42.5 Å². The van der Waals surface area contributed by atoms with E-state index in [-0.39, 0.29) is 11.9 Å². The van der Waals surface area contributed by atoms with Gasteiger partial charge < -0.3 is 5.32 Å². The Kier molecular flexibility index (Phi) is 3.82. The molecule has 0 amide bonds. The molecular weight excluding hydrogens is 239 g/mol. The van der Waals surface area contributed by atoms with E-state index in [0.717, 1.165) is 16.8 Å². The molecule has 1 unspecified atom stereocenters. The van der Waals surface area contributed by atoms with Gasteiger partial charge in [-0.15, -0.1) is 0 Å². The van der Waals surface area contributed by atoms with Gasteiger partial charge in [0, 0.05) is 11.7 Å². The number of nitrogens with one attached hydrogen (secondary N) is 1. The summed E-state index contributed by atoms with van der Waals surface area (Å²) in [7, 11) is 0. The van der Waals surface area contributed by atoms with Gasteiger partial charge in [0.15, 0.2) is 0 Å². The lowest BCUT2D eigenvalue weighted by Gasteiger charge is -2.17. The monoisotopic (exact) mass is 254 g/mol. The van der Waals surface area contributed by atoms with Crippen molar-refractivity contribution in [3.05, 3.63) is 65.0 Å². The SMILES string of the molecule is Cc1ccc(F)cc1NC(C)c1cccc(C#N)c1. The van der Waals surface area contributed by atoms with Crippen molar-refractivity contribution in [3.8, 4) is 6.07 Å². The highest BCUT2D eigenvalue weighted by Crippen LogP contribution is 2.23. The lowest BCUT2D eigenvalue weighted by molar-refractivity contribution is 0.627. The third kappa shape index (κ3) is 3.11. The van der Waals surface area contributed by atoms with Gasteiger partial charge in [0.2, 0.25) is 0 Å². The fraction of sp³-hybridized carbons (Fsp3) is 0.188. The Morgan fingerprint density at radius 3 is 2.74 bits per heavy atom. The summed E-state index contributed by atoms with van der Waals surface area (Å²) in [6, 6.07) is 14.2. The minimum Gasteiger partial charge on any atom is -0.378 e. The van der Waals surface area contributed by atoms with E-state index in [9.17, 15) is 4.39 Å². The maximum Gasteiger partial charge on any atom is 0.125 e. The Balaban J connectivity index is 2.23. The van der Waals surface area contributed by atoms with Crippen LogP contribution in [0.25, 0.3) is 0 Å². The van der Waals surface area contributed by atoms with Crippen molar-refractivity contribution >= 4 is 5.69 Å². The Bertz CT molecular complexity index is 629. The zero-order chi connectivity index (χ0) is 13.8. The molecule has 0 radical (unpaired) electrons. The average molecular weight is 254 g/mol. The van der Waals surface area contributed by atoms with Crippen LogP contribution in [0.1, 0.15) is 29.7 Å². The summed E-state index contributed by atoms with van der Waals surface area (Å²) in [5, 5.41) is 12.2. The first-order chi connectivity index (χ1) is 9.10. The third-order valence-corrected chi connectivity index (χ3v) is 3.09. The van der Waals surface area contributed by atoms with Crippen molar-refractivity contribution < 1.29 is 4.39 Å². The molecule has 2 rings (SSSR count). The van der Waals surface area contributed by atoms with Crippen molar-refractivity contribution in [2.75, 3.05) is 5.32 Å². The molecule has 2 aromatic carbocycles. The molecule has 96 valence electrons. The first-order valence-electron chi connectivity index (χ1n) is 6.13. The average Bonchev–Trinajstić information content (AvgIpc) is 2.43. The smallest absolute Gasteiger partial charge is 0.125 e. The van der Waals surface area contributed by atoms with E-state index in [2.05, 4.69) is 11.4 Å². The topological polar surface area (TPSA) is 35.8 Å². The summed E-state index contributed by atoms with van der Waals surface area (Å²) < 4.78 is 13.2. The Hall–Kier alpha value is -2.34. The molecule has 0 saturated heterocycles. The second-order valence-electron chi connectivity index (χ2n) is 4.56. The molecule has 1 N–H and O–H groups in total. The van der Waals surface area contributed by atoms with E-state index in [1.807, 2.05) is 32.0 Å². The Morgan fingerprint density at radius 1 is 1.21 bits per heavy atom. The first-order valence-corrected chi connectivity index (χ1v) is 6.13. The largest absolute Gasteiger partial charge is 0.378 e. The maximum absolute atomic E-state index is 13.2. The molecule has 0 heterocycles. The standard InChI is InChI=1S/C16H15FN2/c1-11-6-7-15(17)9-16(11)19-12(2)14-5-3-4-13(8-14)10-18/h3-9,12,19H,1-2H3. The minimum absolute atomic E-state index is 0.00815. The summed E-state index contributed by atoms with van der Waals surface area (Å²) in [5.74, 6) is -0.258. The fourth-order valence-corrected chi connectivity index (χ4v) is 1.94. The number of anilines is 1. The number of halogens is 1. The highest BCUT2D eigenvalue weighted by atomic mass is 19.1. The van der Waals surface area contributed by atoms with Gasteiger partial charge in [0.05, 0.1) is 11.6 Å². The molecule has 0 fully saturated rings. The van der Waals surface area contributed by atoms with Crippen LogP contribution in [0.4, 0.5) is 10.1 Å². The van der Waals surface area contributed by atoms with Gasteiger partial charge in [-0.25, -0.2) is 4.39 Å². The van der Waals surface area contributed by atoms with Crippen LogP contribution in [0, 0.1) is 24.1 Å². The molecule has 0 spiro atoms. The van der Waals surface area contributed by atoms with E-state index in [1.54, 1.807) is 12.1 Å². The van der Waals surface area contributed by atoms with Crippen LogP contribution in [0.2, 0.25) is 0 Å². The minimum atomic E-state index is -0.258. The number of nitrogens with zero attached hydrogens (tertiary/aromatic N) is 1. The van der Waals surface area contributed by atoms with Crippen molar-refractivity contribution in [2.45, 2.75) is 19.9 Å². The molecule has 19 heavy (non-hydrogen) atoms. The Labute approximate surface area is 112 Å². The van der Waals surface area contributed by atoms with Crippen LogP contribution >= 0.6 is 0 Å². The van der Waals surface area contributed by atoms with E-state index in [0.29, 0.717) is 5.56 Å². The van der Waals surface area contributed by atoms with E-state index >= 15 is 0 Å². The molecule has 1 atom stereocenters. The highest BCUT2D eigenvalue weighted by molar-refractivity contribution is 5.52. The molecule has 0 aromatic heterocycles. The molecule has 0 aliphatic heterocycles. The molecular formula is C16H15FN2. The zero-order valence-electron chi connectivity index (χ0n) is 10.9. The molecule has 0 saturated carbocycles. The van der Waals surface area contributed by atoms with Crippen molar-refractivity contribution in [1.82, 2.24) is 0 Å². The third-order valence-electron chi connectivity index (χ3n) is 3.09. The van der Waals surface area contributed by atoms with Crippen LogP contribution in [-0.4, -0.2) is 0 Å². The van der Waals surface area contributed by atoms with Crippen LogP contribution in [-0.2, 0) is 0 Å². The van der Waals surface area contributed by atoms with E-state index < -0.39 is 0 Å². The number of hydrogen-bond acceptors (Lipinski definition) is 2. The highest BCUT2D eigenvalue weighted by Gasteiger charge is 2.08. The van der Waals surface area contributed by atoms with Gasteiger partial charge >= 0.3 is 0 Å². The zero-order valence-corrected chi connectivity index (χ0v) is 10.9. The summed E-state index contributed by atoms with van der Waals surface area (Å²) in [5.41, 5.74) is 3.39. The second kappa shape index (κ2) is 5.53. The van der Waals surface area contributed by atoms with Gasteiger partial charge in [-0.05, 0) is 49.2 Å². The normalized spacial score (nSPS) is 11.7. The number of benzene rings is 2. The van der Waals surface area contributed by atoms with Crippen molar-refractivity contribution in [2.24, 2.45) is 0 Å². The molecule has 0 aliphatic rings. The summed E-state index contributed by atoms with van der Waals surface area (Å²) in [4.78, 5) is 0. The molecule has 0 bridgehead atoms. The molecule has 3 heteroatoms. The van der Waals surface area contributed by atoms with Gasteiger partial charge in [-0.1, -0.05) is 18.2 Å². The second-order valence-corrected chi connectivity index (χ2v) is 4.56. The van der Waals surface area contributed by atoms with Crippen molar-refractivity contribution in [1.29, 1.82) is 5.26 Å². The quantitative estimate of drug-likeness (QED) is 0.891. The van der Waals surface area contributed by atoms with Crippen LogP contribution < -0.4 is 5.32 Å². The van der Waals surface area contributed by atoms with Crippen LogP contribution in [0.3, 0.4) is 0 Å². The molecule has 0 aliphatic carbocycles. The molecule has 2 nitrogen and oxygen atoms in total. The first kappa shape index (κ1) is 13.1. The number of aryl methyl sites for hydroxylation is 1. The van der Waals surface area contributed by atoms with Gasteiger partial charge in [-0.3, -0.25) is 0 Å². The van der Waals surface area contributed by atoms with E-state index in [1.165, 1.54) is 12.1 Å². The number of hydrogen-bond donors (Lipinski definition) is 1. The Morgan fingerprint density at radius 2 is 2.00 bits per heavy atom. The summed E-state index contributed by atoms with van der Waals surface area (Å²) >= 11 is 0. The summed E-state index contributed by atoms with van der Waals surface area (Å²) in [6.07, 6.45) is 0. The van der Waals surface area contributed by atoms with E-state index in [4.69, 9.17) is 5.26 Å². The van der Waals surface area contributed by atoms with Gasteiger partial charge in [-0.2, -0.15) is 5.26 Å². The number of nitriles is 1. The predicted molar refractivity (Wildman–Crippen MR) is 74.3 cm³/mol. The predicted octanol–water partition coefficient (Wildman–Crippen LogP) is 4.18. The van der Waals surface area contributed by atoms with Gasteiger partial charge in [0.1, 0.15) is 5.82 Å². The van der Waals surface area contributed by atoms with Crippen LogP contribution in [0.5, 0.6) is 0 Å². The lowest BCUT2D eigenvalue weighted by Crippen LogP contribution is -2.08. The summed E-state index contributed by atoms with van der Waals surface area (Å²) in [6.45, 7) is 3.92. The molecule has 2 aromatic rings. The fourth-order valence-electron chi connectivity index (χ4n) is 1.94. The maximum atomic E-state index is 13.2.